The van der Waals surface area contributed by atoms with E-state index in [1.807, 2.05) is 0 Å². The maximum absolute atomic E-state index is 14.8. The van der Waals surface area contributed by atoms with Gasteiger partial charge in [0.15, 0.2) is 0 Å². The van der Waals surface area contributed by atoms with Crippen LogP contribution < -0.4 is 10.6 Å². The van der Waals surface area contributed by atoms with Crippen molar-refractivity contribution in [3.63, 3.8) is 0 Å². The van der Waals surface area contributed by atoms with E-state index >= 15 is 0 Å². The Kier molecular flexibility index (Phi) is 7.04. The summed E-state index contributed by atoms with van der Waals surface area (Å²) in [5.41, 5.74) is 0.667. The first kappa shape index (κ1) is 24.2. The maximum atomic E-state index is 14.8. The number of ether oxygens (including phenoxy) is 1. The first-order chi connectivity index (χ1) is 16.8. The average Bonchev–Trinajstić information content (AvgIpc) is 3.49. The minimum atomic E-state index is -1.15. The summed E-state index contributed by atoms with van der Waals surface area (Å²) >= 11 is 5.88. The van der Waals surface area contributed by atoms with Crippen LogP contribution in [0, 0.1) is 5.82 Å². The number of hydrogen-bond acceptors (Lipinski definition) is 4. The molecule has 35 heavy (non-hydrogen) atoms. The molecule has 1 aliphatic heterocycles. The predicted octanol–water partition coefficient (Wildman–Crippen LogP) is 4.23. The molecule has 1 aliphatic rings. The van der Waals surface area contributed by atoms with Crippen molar-refractivity contribution in [2.75, 3.05) is 24.3 Å². The zero-order chi connectivity index (χ0) is 25.1. The van der Waals surface area contributed by atoms with E-state index in [2.05, 4.69) is 10.6 Å². The van der Waals surface area contributed by atoms with Crippen molar-refractivity contribution >= 4 is 40.9 Å². The second-order valence-electron chi connectivity index (χ2n) is 7.92. The van der Waals surface area contributed by atoms with Gasteiger partial charge in [-0.25, -0.2) is 14.0 Å². The number of hydrogen-bond donors (Lipinski definition) is 3. The van der Waals surface area contributed by atoms with Gasteiger partial charge in [0.1, 0.15) is 17.6 Å². The first-order valence-corrected chi connectivity index (χ1v) is 11.0. The normalized spacial score (nSPS) is 17.3. The third-order valence-corrected chi connectivity index (χ3v) is 5.96. The van der Waals surface area contributed by atoms with Crippen LogP contribution >= 0.6 is 11.6 Å². The van der Waals surface area contributed by atoms with Crippen LogP contribution in [0.5, 0.6) is 0 Å². The molecular weight excluding hydrogens is 479 g/mol. The van der Waals surface area contributed by atoms with E-state index < -0.39 is 29.8 Å². The molecule has 1 saturated heterocycles. The first-order valence-electron chi connectivity index (χ1n) is 10.6. The fraction of sp³-hybridized carbons (Fsp3) is 0.208. The molecule has 3 aromatic rings. The highest BCUT2D eigenvalue weighted by atomic mass is 35.5. The summed E-state index contributed by atoms with van der Waals surface area (Å²) in [7, 11) is 1.49. The topological polar surface area (TPSA) is 113 Å². The molecule has 11 heteroatoms. The van der Waals surface area contributed by atoms with Gasteiger partial charge < -0.3 is 29.9 Å². The molecule has 4 rings (SSSR count). The Hall–Kier alpha value is -3.89. The van der Waals surface area contributed by atoms with Crippen LogP contribution in [0.4, 0.5) is 20.6 Å². The predicted molar refractivity (Wildman–Crippen MR) is 128 cm³/mol. The van der Waals surface area contributed by atoms with Gasteiger partial charge in [-0.2, -0.15) is 0 Å². The van der Waals surface area contributed by atoms with Crippen molar-refractivity contribution < 1.29 is 28.6 Å². The molecule has 3 N–H and O–H groups in total. The van der Waals surface area contributed by atoms with E-state index in [4.69, 9.17) is 16.3 Å². The smallest absolute Gasteiger partial charge is 0.352 e. The summed E-state index contributed by atoms with van der Waals surface area (Å²) in [4.78, 5) is 38.6. The van der Waals surface area contributed by atoms with E-state index in [1.165, 1.54) is 47.0 Å². The summed E-state index contributed by atoms with van der Waals surface area (Å²) < 4.78 is 21.5. The van der Waals surface area contributed by atoms with Gasteiger partial charge in [0, 0.05) is 48.7 Å². The van der Waals surface area contributed by atoms with Crippen LogP contribution in [0.2, 0.25) is 5.02 Å². The van der Waals surface area contributed by atoms with Crippen LogP contribution in [0.1, 0.15) is 16.9 Å². The molecule has 2 heterocycles. The summed E-state index contributed by atoms with van der Waals surface area (Å²) in [6, 6.07) is 12.0. The number of halogens is 2. The minimum absolute atomic E-state index is 0.0277. The Morgan fingerprint density at radius 3 is 2.51 bits per heavy atom. The number of nitrogens with zero attached hydrogens (tertiary/aromatic N) is 2. The standard InChI is InChI=1S/C24H22ClFN4O5/c1-35-17-12-21(30(13-17)24(34)27-15-6-4-14(25)5-7-15)22(31)28-19-9-8-16(11-18(19)26)29-10-2-3-20(29)23(32)33/h2-11,17,21H,12-13H2,1H3,(H,27,34)(H,28,31)(H,32,33). The lowest BCUT2D eigenvalue weighted by atomic mass is 10.1. The highest BCUT2D eigenvalue weighted by Crippen LogP contribution is 2.25. The number of urea groups is 1. The monoisotopic (exact) mass is 500 g/mol. The van der Waals surface area contributed by atoms with Gasteiger partial charge in [-0.1, -0.05) is 11.6 Å². The minimum Gasteiger partial charge on any atom is -0.477 e. The summed E-state index contributed by atoms with van der Waals surface area (Å²) in [6.07, 6.45) is 1.37. The number of carboxylic acids is 1. The molecule has 0 bridgehead atoms. The summed E-state index contributed by atoms with van der Waals surface area (Å²) in [6.45, 7) is 0.182. The van der Waals surface area contributed by atoms with E-state index in [9.17, 15) is 23.9 Å². The molecular formula is C24H22ClFN4O5. The van der Waals surface area contributed by atoms with Gasteiger partial charge in [0.05, 0.1) is 11.8 Å². The molecule has 2 aromatic carbocycles. The lowest BCUT2D eigenvalue weighted by molar-refractivity contribution is -0.119. The molecule has 0 spiro atoms. The molecule has 0 aliphatic carbocycles. The van der Waals surface area contributed by atoms with Crippen LogP contribution in [0.25, 0.3) is 5.69 Å². The number of anilines is 2. The molecule has 1 aromatic heterocycles. The maximum Gasteiger partial charge on any atom is 0.352 e. The lowest BCUT2D eigenvalue weighted by Crippen LogP contribution is -2.45. The van der Waals surface area contributed by atoms with Crippen molar-refractivity contribution in [2.45, 2.75) is 18.6 Å². The number of carboxylic acid groups (broad SMARTS) is 1. The number of benzene rings is 2. The van der Waals surface area contributed by atoms with Crippen molar-refractivity contribution in [3.05, 3.63) is 77.3 Å². The van der Waals surface area contributed by atoms with Crippen LogP contribution in [-0.2, 0) is 9.53 Å². The molecule has 1 fully saturated rings. The van der Waals surface area contributed by atoms with Gasteiger partial charge >= 0.3 is 12.0 Å². The third-order valence-electron chi connectivity index (χ3n) is 5.71. The molecule has 9 nitrogen and oxygen atoms in total. The average molecular weight is 501 g/mol. The number of nitrogens with one attached hydrogen (secondary N) is 2. The van der Waals surface area contributed by atoms with Gasteiger partial charge in [-0.15, -0.1) is 0 Å². The second-order valence-corrected chi connectivity index (χ2v) is 8.36. The Bertz CT molecular complexity index is 1260. The number of likely N-dealkylation sites (tertiary alicyclic amines) is 1. The summed E-state index contributed by atoms with van der Waals surface area (Å²) in [5, 5.41) is 15.0. The molecule has 2 unspecified atom stereocenters. The Balaban J connectivity index is 1.50. The number of methoxy groups -OCH3 is 1. The van der Waals surface area contributed by atoms with Crippen molar-refractivity contribution in [1.82, 2.24) is 9.47 Å². The SMILES string of the molecule is COC1CC(C(=O)Nc2ccc(-n3cccc3C(=O)O)cc2F)N(C(=O)Nc2ccc(Cl)cc2)C1. The number of amides is 3. The van der Waals surface area contributed by atoms with E-state index in [1.54, 1.807) is 24.3 Å². The number of aromatic nitrogens is 1. The third kappa shape index (κ3) is 5.28. The van der Waals surface area contributed by atoms with Gasteiger partial charge in [0.25, 0.3) is 0 Å². The molecule has 3 amide bonds. The molecule has 2 atom stereocenters. The lowest BCUT2D eigenvalue weighted by Gasteiger charge is -2.24. The zero-order valence-electron chi connectivity index (χ0n) is 18.6. The second kappa shape index (κ2) is 10.2. The fourth-order valence-corrected chi connectivity index (χ4v) is 4.05. The van der Waals surface area contributed by atoms with Crippen LogP contribution in [0.15, 0.2) is 60.8 Å². The van der Waals surface area contributed by atoms with E-state index in [-0.39, 0.29) is 36.1 Å². The van der Waals surface area contributed by atoms with Gasteiger partial charge in [0.2, 0.25) is 5.91 Å². The number of carbonyl (C=O) groups excluding carboxylic acids is 2. The van der Waals surface area contributed by atoms with Crippen LogP contribution in [-0.4, -0.2) is 58.3 Å². The molecule has 0 saturated carbocycles. The quantitative estimate of drug-likeness (QED) is 0.469. The van der Waals surface area contributed by atoms with Gasteiger partial charge in [-0.3, -0.25) is 4.79 Å². The summed E-state index contributed by atoms with van der Waals surface area (Å²) in [5.74, 6) is -2.48. The number of carbonyl (C=O) groups is 3. The zero-order valence-corrected chi connectivity index (χ0v) is 19.3. The van der Waals surface area contributed by atoms with Crippen molar-refractivity contribution in [1.29, 1.82) is 0 Å². The Morgan fingerprint density at radius 1 is 1.11 bits per heavy atom. The number of rotatable bonds is 6. The van der Waals surface area contributed by atoms with Crippen LogP contribution in [0.3, 0.4) is 0 Å². The van der Waals surface area contributed by atoms with Gasteiger partial charge in [-0.05, 0) is 48.5 Å². The van der Waals surface area contributed by atoms with Crippen molar-refractivity contribution in [2.24, 2.45) is 0 Å². The molecule has 0 radical (unpaired) electrons. The Labute approximate surface area is 205 Å². The largest absolute Gasteiger partial charge is 0.477 e. The van der Waals surface area contributed by atoms with Crippen molar-refractivity contribution in [3.8, 4) is 5.69 Å². The Morgan fingerprint density at radius 2 is 1.86 bits per heavy atom. The highest BCUT2D eigenvalue weighted by molar-refractivity contribution is 6.30. The molecule has 182 valence electrons. The number of aromatic carboxylic acids is 1. The fourth-order valence-electron chi connectivity index (χ4n) is 3.92. The van der Waals surface area contributed by atoms with E-state index in [0.717, 1.165) is 6.07 Å². The van der Waals surface area contributed by atoms with E-state index in [0.29, 0.717) is 10.7 Å². The highest BCUT2D eigenvalue weighted by Gasteiger charge is 2.40.